The van der Waals surface area contributed by atoms with E-state index in [1.807, 2.05) is 56.3 Å². The number of aromatic nitrogens is 1. The number of hydrogen-bond acceptors (Lipinski definition) is 3. The number of pyridine rings is 1. The van der Waals surface area contributed by atoms with Gasteiger partial charge in [0.1, 0.15) is 5.75 Å². The van der Waals surface area contributed by atoms with Crippen molar-refractivity contribution in [2.45, 2.75) is 13.8 Å². The second-order valence-corrected chi connectivity index (χ2v) is 5.24. The molecule has 0 unspecified atom stereocenters. The SMILES string of the molecule is CCOc1cccc(C(=O)Nc2cccc3nc(C)ccc23)c1. The van der Waals surface area contributed by atoms with Gasteiger partial charge in [0.15, 0.2) is 0 Å². The van der Waals surface area contributed by atoms with Gasteiger partial charge in [0, 0.05) is 16.6 Å². The highest BCUT2D eigenvalue weighted by molar-refractivity contribution is 6.08. The van der Waals surface area contributed by atoms with Gasteiger partial charge >= 0.3 is 0 Å². The number of nitrogens with one attached hydrogen (secondary N) is 1. The maximum atomic E-state index is 12.5. The molecule has 0 aliphatic heterocycles. The molecule has 1 aromatic heterocycles. The van der Waals surface area contributed by atoms with Crippen molar-refractivity contribution in [2.75, 3.05) is 11.9 Å². The summed E-state index contributed by atoms with van der Waals surface area (Å²) in [5, 5.41) is 3.88. The molecule has 0 radical (unpaired) electrons. The summed E-state index contributed by atoms with van der Waals surface area (Å²) < 4.78 is 5.44. The van der Waals surface area contributed by atoms with E-state index in [2.05, 4.69) is 10.3 Å². The number of hydrogen-bond donors (Lipinski definition) is 1. The lowest BCUT2D eigenvalue weighted by atomic mass is 10.1. The quantitative estimate of drug-likeness (QED) is 0.786. The van der Waals surface area contributed by atoms with Crippen LogP contribution in [0.4, 0.5) is 5.69 Å². The van der Waals surface area contributed by atoms with Crippen molar-refractivity contribution in [3.8, 4) is 5.75 Å². The zero-order valence-electron chi connectivity index (χ0n) is 13.2. The predicted molar refractivity (Wildman–Crippen MR) is 92.0 cm³/mol. The summed E-state index contributed by atoms with van der Waals surface area (Å²) in [6.07, 6.45) is 0. The highest BCUT2D eigenvalue weighted by Gasteiger charge is 2.10. The van der Waals surface area contributed by atoms with Crippen LogP contribution in [0.5, 0.6) is 5.75 Å². The lowest BCUT2D eigenvalue weighted by molar-refractivity contribution is 0.102. The molecule has 1 heterocycles. The van der Waals surface area contributed by atoms with Crippen LogP contribution in [0.1, 0.15) is 23.0 Å². The zero-order chi connectivity index (χ0) is 16.2. The third kappa shape index (κ3) is 3.31. The van der Waals surface area contributed by atoms with Gasteiger partial charge in [0.2, 0.25) is 0 Å². The van der Waals surface area contributed by atoms with Crippen molar-refractivity contribution in [1.82, 2.24) is 4.98 Å². The first-order valence-electron chi connectivity index (χ1n) is 7.58. The van der Waals surface area contributed by atoms with Crippen LogP contribution in [0.15, 0.2) is 54.6 Å². The number of benzene rings is 2. The molecule has 116 valence electrons. The van der Waals surface area contributed by atoms with E-state index in [-0.39, 0.29) is 5.91 Å². The summed E-state index contributed by atoms with van der Waals surface area (Å²) in [5.74, 6) is 0.523. The smallest absolute Gasteiger partial charge is 0.255 e. The van der Waals surface area contributed by atoms with Crippen LogP contribution in [0, 0.1) is 6.92 Å². The van der Waals surface area contributed by atoms with E-state index >= 15 is 0 Å². The number of carbonyl (C=O) groups is 1. The van der Waals surface area contributed by atoms with E-state index in [9.17, 15) is 4.79 Å². The number of fused-ring (bicyclic) bond motifs is 1. The third-order valence-electron chi connectivity index (χ3n) is 3.53. The number of aryl methyl sites for hydroxylation is 1. The first-order chi connectivity index (χ1) is 11.2. The molecule has 1 N–H and O–H groups in total. The van der Waals surface area contributed by atoms with Crippen LogP contribution < -0.4 is 10.1 Å². The van der Waals surface area contributed by atoms with Gasteiger partial charge in [-0.3, -0.25) is 9.78 Å². The predicted octanol–water partition coefficient (Wildman–Crippen LogP) is 4.19. The van der Waals surface area contributed by atoms with Crippen molar-refractivity contribution >= 4 is 22.5 Å². The fraction of sp³-hybridized carbons (Fsp3) is 0.158. The topological polar surface area (TPSA) is 51.2 Å². The number of carbonyl (C=O) groups excluding carboxylic acids is 1. The monoisotopic (exact) mass is 306 g/mol. The molecule has 1 amide bonds. The standard InChI is InChI=1S/C19H18N2O2/c1-3-23-15-7-4-6-14(12-15)19(22)21-18-9-5-8-17-16(18)11-10-13(2)20-17/h4-12H,3H2,1-2H3,(H,21,22). The van der Waals surface area contributed by atoms with Gasteiger partial charge in [-0.15, -0.1) is 0 Å². The summed E-state index contributed by atoms with van der Waals surface area (Å²) >= 11 is 0. The van der Waals surface area contributed by atoms with E-state index in [0.29, 0.717) is 17.9 Å². The summed E-state index contributed by atoms with van der Waals surface area (Å²) in [4.78, 5) is 17.0. The van der Waals surface area contributed by atoms with Gasteiger partial charge in [0.25, 0.3) is 5.91 Å². The van der Waals surface area contributed by atoms with E-state index in [1.54, 1.807) is 12.1 Å². The molecule has 0 atom stereocenters. The first kappa shape index (κ1) is 15.0. The molecule has 2 aromatic carbocycles. The average Bonchev–Trinajstić information content (AvgIpc) is 2.55. The molecule has 3 rings (SSSR count). The van der Waals surface area contributed by atoms with E-state index < -0.39 is 0 Å². The molecule has 4 nitrogen and oxygen atoms in total. The molecule has 3 aromatic rings. The van der Waals surface area contributed by atoms with Crippen LogP contribution in [-0.4, -0.2) is 17.5 Å². The van der Waals surface area contributed by atoms with E-state index in [4.69, 9.17) is 4.74 Å². The van der Waals surface area contributed by atoms with Crippen LogP contribution in [0.2, 0.25) is 0 Å². The van der Waals surface area contributed by atoms with Crippen molar-refractivity contribution < 1.29 is 9.53 Å². The second-order valence-electron chi connectivity index (χ2n) is 5.24. The van der Waals surface area contributed by atoms with Crippen LogP contribution >= 0.6 is 0 Å². The Labute approximate surface area is 135 Å². The molecule has 0 fully saturated rings. The molecule has 0 saturated carbocycles. The van der Waals surface area contributed by atoms with E-state index in [0.717, 1.165) is 22.3 Å². The number of nitrogens with zero attached hydrogens (tertiary/aromatic N) is 1. The molecule has 0 aliphatic carbocycles. The Morgan fingerprint density at radius 1 is 1.13 bits per heavy atom. The first-order valence-corrected chi connectivity index (χ1v) is 7.58. The molecule has 23 heavy (non-hydrogen) atoms. The summed E-state index contributed by atoms with van der Waals surface area (Å²) in [6.45, 7) is 4.43. The van der Waals surface area contributed by atoms with Crippen molar-refractivity contribution in [3.63, 3.8) is 0 Å². The molecular formula is C19H18N2O2. The third-order valence-corrected chi connectivity index (χ3v) is 3.53. The summed E-state index contributed by atoms with van der Waals surface area (Å²) in [7, 11) is 0. The maximum Gasteiger partial charge on any atom is 0.255 e. The Bertz CT molecular complexity index is 859. The highest BCUT2D eigenvalue weighted by atomic mass is 16.5. The Balaban J connectivity index is 1.90. The van der Waals surface area contributed by atoms with Gasteiger partial charge in [-0.1, -0.05) is 12.1 Å². The molecular weight excluding hydrogens is 288 g/mol. The summed E-state index contributed by atoms with van der Waals surface area (Å²) in [5.41, 5.74) is 3.13. The Morgan fingerprint density at radius 3 is 2.78 bits per heavy atom. The van der Waals surface area contributed by atoms with Crippen LogP contribution in [0.25, 0.3) is 10.9 Å². The molecule has 4 heteroatoms. The van der Waals surface area contributed by atoms with Gasteiger partial charge in [-0.05, 0) is 56.3 Å². The Hall–Kier alpha value is -2.88. The van der Waals surface area contributed by atoms with Gasteiger partial charge < -0.3 is 10.1 Å². The normalized spacial score (nSPS) is 10.5. The Morgan fingerprint density at radius 2 is 1.96 bits per heavy atom. The fourth-order valence-corrected chi connectivity index (χ4v) is 2.45. The minimum Gasteiger partial charge on any atom is -0.494 e. The number of amides is 1. The molecule has 0 saturated heterocycles. The van der Waals surface area contributed by atoms with Gasteiger partial charge in [-0.2, -0.15) is 0 Å². The average molecular weight is 306 g/mol. The second kappa shape index (κ2) is 6.48. The maximum absolute atomic E-state index is 12.5. The van der Waals surface area contributed by atoms with E-state index in [1.165, 1.54) is 0 Å². The number of anilines is 1. The number of ether oxygens (including phenoxy) is 1. The fourth-order valence-electron chi connectivity index (χ4n) is 2.45. The van der Waals surface area contributed by atoms with Gasteiger partial charge in [0.05, 0.1) is 17.8 Å². The van der Waals surface area contributed by atoms with Crippen molar-refractivity contribution in [1.29, 1.82) is 0 Å². The van der Waals surface area contributed by atoms with Crippen LogP contribution in [-0.2, 0) is 0 Å². The van der Waals surface area contributed by atoms with Crippen LogP contribution in [0.3, 0.4) is 0 Å². The molecule has 0 spiro atoms. The van der Waals surface area contributed by atoms with Gasteiger partial charge in [-0.25, -0.2) is 0 Å². The zero-order valence-corrected chi connectivity index (χ0v) is 13.2. The number of rotatable bonds is 4. The summed E-state index contributed by atoms with van der Waals surface area (Å²) in [6, 6.07) is 16.8. The minimum absolute atomic E-state index is 0.167. The van der Waals surface area contributed by atoms with Crippen molar-refractivity contribution in [3.05, 3.63) is 65.9 Å². The molecule has 0 aliphatic rings. The highest BCUT2D eigenvalue weighted by Crippen LogP contribution is 2.23. The van der Waals surface area contributed by atoms with Crippen molar-refractivity contribution in [2.24, 2.45) is 0 Å². The Kier molecular flexibility index (Phi) is 4.24. The largest absolute Gasteiger partial charge is 0.494 e. The minimum atomic E-state index is -0.167. The lowest BCUT2D eigenvalue weighted by Gasteiger charge is -2.10. The lowest BCUT2D eigenvalue weighted by Crippen LogP contribution is -2.12. The molecule has 0 bridgehead atoms.